The number of benzene rings is 4. The molecular weight excluding hydrogens is 472 g/mol. The van der Waals surface area contributed by atoms with E-state index in [2.05, 4.69) is 0 Å². The number of fused-ring (bicyclic) bond motifs is 3. The Labute approximate surface area is 212 Å². The molecule has 1 aromatic heterocycles. The molecule has 0 saturated carbocycles. The third kappa shape index (κ3) is 5.03. The second-order valence-electron chi connectivity index (χ2n) is 8.52. The zero-order chi connectivity index (χ0) is 25.9. The van der Waals surface area contributed by atoms with Gasteiger partial charge in [-0.1, -0.05) is 42.5 Å². The van der Waals surface area contributed by atoms with Crippen molar-refractivity contribution in [2.45, 2.75) is 19.8 Å². The number of Topliss-reactive ketones (excluding diaryl/α,β-unsaturated/α-hetero) is 1. The van der Waals surface area contributed by atoms with Gasteiger partial charge in [-0.25, -0.2) is 4.79 Å². The number of rotatable bonds is 8. The number of carbonyl (C=O) groups excluding carboxylic acids is 1. The minimum Gasteiger partial charge on any atom is -0.493 e. The Bertz CT molecular complexity index is 1640. The third-order valence-electron chi connectivity index (χ3n) is 6.06. The Kier molecular flexibility index (Phi) is 6.62. The van der Waals surface area contributed by atoms with Gasteiger partial charge in [0.2, 0.25) is 6.29 Å². The van der Waals surface area contributed by atoms with E-state index < -0.39 is 11.9 Å². The quantitative estimate of drug-likeness (QED) is 0.125. The fourth-order valence-electron chi connectivity index (χ4n) is 4.07. The Morgan fingerprint density at radius 1 is 0.892 bits per heavy atom. The first-order chi connectivity index (χ1) is 17.9. The predicted octanol–water partition coefficient (Wildman–Crippen LogP) is 5.81. The first kappa shape index (κ1) is 24.1. The molecule has 1 heterocycles. The van der Waals surface area contributed by atoms with E-state index in [0.29, 0.717) is 45.4 Å². The summed E-state index contributed by atoms with van der Waals surface area (Å²) >= 11 is 0. The second kappa shape index (κ2) is 10.2. The molecule has 37 heavy (non-hydrogen) atoms. The van der Waals surface area contributed by atoms with Crippen molar-refractivity contribution in [2.24, 2.45) is 0 Å². The summed E-state index contributed by atoms with van der Waals surface area (Å²) in [4.78, 5) is 24.4. The van der Waals surface area contributed by atoms with Gasteiger partial charge in [0.1, 0.15) is 17.9 Å². The molecule has 0 fully saturated rings. The van der Waals surface area contributed by atoms with E-state index >= 15 is 0 Å². The largest absolute Gasteiger partial charge is 0.493 e. The topological polar surface area (TPSA) is 95.2 Å². The van der Waals surface area contributed by atoms with Gasteiger partial charge in [-0.2, -0.15) is 0 Å². The summed E-state index contributed by atoms with van der Waals surface area (Å²) in [5.74, 6) is 1.06. The Morgan fingerprint density at radius 2 is 1.65 bits per heavy atom. The van der Waals surface area contributed by atoms with E-state index in [1.807, 2.05) is 30.3 Å². The van der Waals surface area contributed by atoms with Crippen molar-refractivity contribution in [1.29, 1.82) is 0 Å². The van der Waals surface area contributed by atoms with Crippen LogP contribution < -0.4 is 19.8 Å². The van der Waals surface area contributed by atoms with Gasteiger partial charge >= 0.3 is 5.63 Å². The summed E-state index contributed by atoms with van der Waals surface area (Å²) in [5, 5.41) is 12.3. The van der Waals surface area contributed by atoms with E-state index in [0.717, 1.165) is 5.56 Å². The molecule has 0 aliphatic rings. The van der Waals surface area contributed by atoms with Gasteiger partial charge < -0.3 is 23.7 Å². The Hall–Kier alpha value is -4.62. The van der Waals surface area contributed by atoms with Crippen molar-refractivity contribution < 1.29 is 28.5 Å². The van der Waals surface area contributed by atoms with Gasteiger partial charge in [0.25, 0.3) is 0 Å². The molecule has 0 bridgehead atoms. The van der Waals surface area contributed by atoms with Crippen LogP contribution in [-0.2, 0) is 6.61 Å². The highest BCUT2D eigenvalue weighted by atomic mass is 16.6. The maximum atomic E-state index is 12.6. The van der Waals surface area contributed by atoms with Crippen molar-refractivity contribution in [3.05, 3.63) is 112 Å². The second-order valence-corrected chi connectivity index (χ2v) is 8.52. The first-order valence-corrected chi connectivity index (χ1v) is 11.6. The molecule has 0 radical (unpaired) electrons. The molecule has 1 N–H and O–H groups in total. The van der Waals surface area contributed by atoms with E-state index in [4.69, 9.17) is 18.6 Å². The highest BCUT2D eigenvalue weighted by Crippen LogP contribution is 2.37. The lowest BCUT2D eigenvalue weighted by atomic mass is 10.0. The summed E-state index contributed by atoms with van der Waals surface area (Å²) in [6, 6.07) is 24.8. The molecule has 0 aliphatic heterocycles. The summed E-state index contributed by atoms with van der Waals surface area (Å²) in [7, 11) is 1.48. The lowest BCUT2D eigenvalue weighted by molar-refractivity contribution is -0.0210. The zero-order valence-electron chi connectivity index (χ0n) is 20.3. The number of aliphatic hydroxyl groups excluding tert-OH is 1. The van der Waals surface area contributed by atoms with E-state index in [1.165, 1.54) is 26.2 Å². The van der Waals surface area contributed by atoms with Gasteiger partial charge in [0, 0.05) is 28.0 Å². The molecule has 186 valence electrons. The van der Waals surface area contributed by atoms with Crippen LogP contribution in [0.3, 0.4) is 0 Å². The van der Waals surface area contributed by atoms with Crippen LogP contribution in [-0.4, -0.2) is 18.0 Å². The number of ketones is 1. The smallest absolute Gasteiger partial charge is 0.344 e. The molecule has 7 nitrogen and oxygen atoms in total. The van der Waals surface area contributed by atoms with Gasteiger partial charge in [0.05, 0.1) is 12.5 Å². The average molecular weight is 497 g/mol. The molecule has 0 amide bonds. The number of aliphatic hydroxyl groups is 1. The highest BCUT2D eigenvalue weighted by molar-refractivity contribution is 6.07. The number of hydrogen-bond donors (Lipinski definition) is 1. The van der Waals surface area contributed by atoms with Crippen molar-refractivity contribution in [3.63, 3.8) is 0 Å². The monoisotopic (exact) mass is 496 g/mol. The van der Waals surface area contributed by atoms with Gasteiger partial charge in [-0.05, 0) is 48.9 Å². The van der Waals surface area contributed by atoms with Crippen LogP contribution in [0.2, 0.25) is 0 Å². The Morgan fingerprint density at radius 3 is 2.35 bits per heavy atom. The van der Waals surface area contributed by atoms with Crippen LogP contribution in [0.1, 0.15) is 34.7 Å². The van der Waals surface area contributed by atoms with Gasteiger partial charge in [0.15, 0.2) is 17.3 Å². The lowest BCUT2D eigenvalue weighted by Crippen LogP contribution is -2.08. The number of ether oxygens (including phenoxy) is 3. The third-order valence-corrected chi connectivity index (χ3v) is 6.06. The van der Waals surface area contributed by atoms with E-state index in [9.17, 15) is 14.7 Å². The molecule has 1 atom stereocenters. The number of carbonyl (C=O) groups is 1. The number of hydrogen-bond acceptors (Lipinski definition) is 7. The van der Waals surface area contributed by atoms with Crippen LogP contribution in [0.25, 0.3) is 21.7 Å². The minimum absolute atomic E-state index is 0.146. The molecule has 5 rings (SSSR count). The average Bonchev–Trinajstić information content (AvgIpc) is 2.92. The molecule has 7 heteroatoms. The highest BCUT2D eigenvalue weighted by Gasteiger charge is 2.18. The predicted molar refractivity (Wildman–Crippen MR) is 139 cm³/mol. The van der Waals surface area contributed by atoms with Crippen LogP contribution in [0.15, 0.2) is 94.1 Å². The van der Waals surface area contributed by atoms with Crippen LogP contribution in [0, 0.1) is 0 Å². The van der Waals surface area contributed by atoms with Crippen molar-refractivity contribution >= 4 is 27.5 Å². The summed E-state index contributed by atoms with van der Waals surface area (Å²) in [5.41, 5.74) is 1.67. The first-order valence-electron chi connectivity index (χ1n) is 11.6. The zero-order valence-corrected chi connectivity index (χ0v) is 20.3. The van der Waals surface area contributed by atoms with Gasteiger partial charge in [-0.15, -0.1) is 0 Å². The molecule has 5 aromatic rings. The minimum atomic E-state index is -1.31. The molecule has 0 spiro atoms. The van der Waals surface area contributed by atoms with E-state index in [-0.39, 0.29) is 17.1 Å². The summed E-state index contributed by atoms with van der Waals surface area (Å²) in [6.45, 7) is 1.87. The maximum Gasteiger partial charge on any atom is 0.344 e. The molecule has 0 aliphatic carbocycles. The normalized spacial score (nSPS) is 11.9. The maximum absolute atomic E-state index is 12.6. The fraction of sp³-hybridized carbons (Fsp3) is 0.133. The summed E-state index contributed by atoms with van der Waals surface area (Å²) < 4.78 is 22.6. The van der Waals surface area contributed by atoms with Crippen molar-refractivity contribution in [2.75, 3.05) is 7.11 Å². The van der Waals surface area contributed by atoms with Crippen molar-refractivity contribution in [3.8, 4) is 17.2 Å². The van der Waals surface area contributed by atoms with Crippen molar-refractivity contribution in [1.82, 2.24) is 0 Å². The molecule has 4 aromatic carbocycles. The van der Waals surface area contributed by atoms with Gasteiger partial charge in [-0.3, -0.25) is 4.79 Å². The SMILES string of the molecule is COc1cc2c(cc1O[C@@H](O)c1ccc(OCc3ccccc3)cc1)oc(=O)c1cc(C(C)=O)ccc12. The summed E-state index contributed by atoms with van der Waals surface area (Å²) in [6.07, 6.45) is -1.31. The van der Waals surface area contributed by atoms with Crippen LogP contribution in [0.5, 0.6) is 17.2 Å². The van der Waals surface area contributed by atoms with Crippen LogP contribution >= 0.6 is 0 Å². The Balaban J connectivity index is 1.40. The number of methoxy groups -OCH3 is 1. The molecule has 0 saturated heterocycles. The standard InChI is InChI=1S/C30H24O7/c1-18(31)21-10-13-23-24-15-27(34-2)28(16-26(24)36-30(33)25(23)14-21)37-29(32)20-8-11-22(12-9-20)35-17-19-6-4-3-5-7-19/h3-16,29,32H,17H2,1-2H3/t29-/m1/s1. The van der Waals surface area contributed by atoms with E-state index in [1.54, 1.807) is 42.5 Å². The fourth-order valence-corrected chi connectivity index (χ4v) is 4.07. The molecular formula is C30H24O7. The van der Waals surface area contributed by atoms with Crippen LogP contribution in [0.4, 0.5) is 0 Å². The molecule has 0 unspecified atom stereocenters. The lowest BCUT2D eigenvalue weighted by Gasteiger charge is -2.17.